The van der Waals surface area contributed by atoms with Gasteiger partial charge in [0.1, 0.15) is 0 Å². The van der Waals surface area contributed by atoms with Crippen LogP contribution in [0.4, 0.5) is 0 Å². The molecule has 0 N–H and O–H groups in total. The summed E-state index contributed by atoms with van der Waals surface area (Å²) in [6, 6.07) is 50.8. The predicted molar refractivity (Wildman–Crippen MR) is 355 cm³/mol. The van der Waals surface area contributed by atoms with Gasteiger partial charge >= 0.3 is 0 Å². The molecule has 0 aliphatic rings. The first-order chi connectivity index (χ1) is 37.6. The van der Waals surface area contributed by atoms with E-state index in [4.69, 9.17) is 0 Å². The molecule has 0 aliphatic carbocycles. The highest BCUT2D eigenvalue weighted by Gasteiger charge is 2.20. The Balaban J connectivity index is 0.000000174. The highest BCUT2D eigenvalue weighted by Crippen LogP contribution is 2.43. The van der Waals surface area contributed by atoms with Crippen molar-refractivity contribution in [1.82, 2.24) is 0 Å². The third-order valence-corrected chi connectivity index (χ3v) is 16.9. The van der Waals surface area contributed by atoms with Crippen molar-refractivity contribution in [3.05, 3.63) is 245 Å². The zero-order chi connectivity index (χ0) is 58.8. The molecule has 0 bridgehead atoms. The normalized spacial score (nSPS) is 11.3. The molecule has 0 saturated carbocycles. The highest BCUT2D eigenvalue weighted by atomic mass is 14.2. The van der Waals surface area contributed by atoms with Crippen molar-refractivity contribution >= 4 is 0 Å². The molecular weight excluding hydrogens is 961 g/mol. The molecule has 0 unspecified atom stereocenters. The van der Waals surface area contributed by atoms with Gasteiger partial charge in [0, 0.05) is 0 Å². The second-order valence-corrected chi connectivity index (χ2v) is 25.0. The predicted octanol–water partition coefficient (Wildman–Crippen LogP) is 23.7. The lowest BCUT2D eigenvalue weighted by molar-refractivity contribution is 0.866. The fraction of sp³-hybridized carbons (Fsp3) is 0.325. The third kappa shape index (κ3) is 13.4. The number of hydrogen-bond donors (Lipinski definition) is 0. The minimum atomic E-state index is 0.496. The molecule has 0 nitrogen and oxygen atoms in total. The van der Waals surface area contributed by atoms with Crippen molar-refractivity contribution in [2.45, 2.75) is 177 Å². The Morgan fingerprint density at radius 1 is 0.188 bits per heavy atom. The molecule has 0 atom stereocenters. The van der Waals surface area contributed by atoms with Crippen LogP contribution in [0.1, 0.15) is 171 Å². The lowest BCUT2D eigenvalue weighted by Crippen LogP contribution is -2.00. The van der Waals surface area contributed by atoms with Crippen molar-refractivity contribution in [2.75, 3.05) is 0 Å². The summed E-state index contributed by atoms with van der Waals surface area (Å²) in [4.78, 5) is 0. The van der Waals surface area contributed by atoms with Crippen molar-refractivity contribution in [3.8, 4) is 66.8 Å². The maximum absolute atomic E-state index is 2.42. The van der Waals surface area contributed by atoms with Crippen LogP contribution in [0.5, 0.6) is 0 Å². The fourth-order valence-electron chi connectivity index (χ4n) is 12.5. The Kier molecular flexibility index (Phi) is 19.1. The fourth-order valence-corrected chi connectivity index (χ4v) is 12.5. The molecule has 0 heterocycles. The smallest absolute Gasteiger partial charge is 0.0122 e. The Morgan fingerprint density at radius 2 is 0.375 bits per heavy atom. The molecule has 0 fully saturated rings. The summed E-state index contributed by atoms with van der Waals surface area (Å²) in [6.45, 7) is 51.5. The Morgan fingerprint density at radius 3 is 0.575 bits per heavy atom. The van der Waals surface area contributed by atoms with Gasteiger partial charge in [-0.05, 0) is 280 Å². The number of hydrogen-bond acceptors (Lipinski definition) is 0. The summed E-state index contributed by atoms with van der Waals surface area (Å²) in [5.41, 5.74) is 43.6. The van der Waals surface area contributed by atoms with E-state index >= 15 is 0 Å². The lowest BCUT2D eigenvalue weighted by Gasteiger charge is -2.22. The van der Waals surface area contributed by atoms with E-state index in [9.17, 15) is 0 Å². The highest BCUT2D eigenvalue weighted by molar-refractivity contribution is 5.86. The maximum atomic E-state index is 2.42. The molecule has 0 saturated heterocycles. The van der Waals surface area contributed by atoms with Gasteiger partial charge in [-0.1, -0.05) is 208 Å². The lowest BCUT2D eigenvalue weighted by atomic mass is 9.82. The van der Waals surface area contributed by atoms with Gasteiger partial charge in [-0.3, -0.25) is 0 Å². The largest absolute Gasteiger partial charge is 0.0587 e. The van der Waals surface area contributed by atoms with Crippen molar-refractivity contribution in [1.29, 1.82) is 0 Å². The minimum absolute atomic E-state index is 0.496. The first-order valence-electron chi connectivity index (χ1n) is 29.6. The summed E-state index contributed by atoms with van der Waals surface area (Å²) >= 11 is 0. The van der Waals surface area contributed by atoms with Crippen LogP contribution in [0.2, 0.25) is 0 Å². The standard InChI is InChI=1S/C28H34.2C26H30/c1-16(2)24-14-25(27-19(5)10-17(3)11-20(27)6)23(9)26(15-24)28-21(7)12-18(4)13-22(28)8;2*1-16(2)22-14-25(23-10-8-17(3)12-19(23)5)21(7)26(15-22)24-11-9-18(4)13-20(24)6/h10-16H,1-9H3;2*8-16H,1-7H3. The summed E-state index contributed by atoms with van der Waals surface area (Å²) in [7, 11) is 0. The van der Waals surface area contributed by atoms with Gasteiger partial charge in [-0.25, -0.2) is 0 Å². The van der Waals surface area contributed by atoms with Gasteiger partial charge in [0.05, 0.1) is 0 Å². The van der Waals surface area contributed by atoms with Crippen molar-refractivity contribution in [3.63, 3.8) is 0 Å². The number of benzene rings is 9. The van der Waals surface area contributed by atoms with E-state index in [0.717, 1.165) is 0 Å². The number of rotatable bonds is 9. The van der Waals surface area contributed by atoms with E-state index in [1.54, 1.807) is 0 Å². The van der Waals surface area contributed by atoms with Crippen LogP contribution < -0.4 is 0 Å². The molecule has 80 heavy (non-hydrogen) atoms. The molecule has 9 aromatic carbocycles. The average molecular weight is 1060 g/mol. The van der Waals surface area contributed by atoms with Crippen molar-refractivity contribution < 1.29 is 0 Å². The summed E-state index contributed by atoms with van der Waals surface area (Å²) in [6.07, 6.45) is 0. The van der Waals surface area contributed by atoms with Crippen LogP contribution in [0.25, 0.3) is 66.8 Å². The van der Waals surface area contributed by atoms with Gasteiger partial charge in [-0.2, -0.15) is 0 Å². The van der Waals surface area contributed by atoms with E-state index in [0.29, 0.717) is 17.8 Å². The van der Waals surface area contributed by atoms with Crippen LogP contribution in [0.3, 0.4) is 0 Å². The van der Waals surface area contributed by atoms with E-state index < -0.39 is 0 Å². The first-order valence-corrected chi connectivity index (χ1v) is 29.6. The quantitative estimate of drug-likeness (QED) is 0.135. The van der Waals surface area contributed by atoms with Crippen LogP contribution in [-0.4, -0.2) is 0 Å². The van der Waals surface area contributed by atoms with E-state index in [2.05, 4.69) is 293 Å². The maximum Gasteiger partial charge on any atom is -0.0122 e. The van der Waals surface area contributed by atoms with Crippen LogP contribution >= 0.6 is 0 Å². The van der Waals surface area contributed by atoms with Gasteiger partial charge in [0.15, 0.2) is 0 Å². The monoisotopic (exact) mass is 1050 g/mol. The average Bonchev–Trinajstić information content (AvgIpc) is 3.48. The summed E-state index contributed by atoms with van der Waals surface area (Å²) < 4.78 is 0. The Hall–Kier alpha value is -7.02. The molecule has 0 heteroatoms. The summed E-state index contributed by atoms with van der Waals surface area (Å²) in [5, 5.41) is 0. The van der Waals surface area contributed by atoms with Crippen LogP contribution in [0, 0.1) is 118 Å². The zero-order valence-electron chi connectivity index (χ0n) is 53.4. The van der Waals surface area contributed by atoms with Gasteiger partial charge in [0.25, 0.3) is 0 Å². The molecule has 0 radical (unpaired) electrons. The topological polar surface area (TPSA) is 0 Å². The van der Waals surface area contributed by atoms with E-state index in [1.807, 2.05) is 0 Å². The van der Waals surface area contributed by atoms with Gasteiger partial charge in [-0.15, -0.1) is 0 Å². The Labute approximate surface area is 485 Å². The van der Waals surface area contributed by atoms with Crippen molar-refractivity contribution in [2.24, 2.45) is 0 Å². The first kappa shape index (κ1) is 60.6. The second kappa shape index (κ2) is 25.2. The second-order valence-electron chi connectivity index (χ2n) is 25.0. The SMILES string of the molecule is Cc1cc(C)c(-c2cc(C(C)C)cc(-c3c(C)cc(C)cc3C)c2C)c(C)c1.Cc1ccc(-c2cc(C(C)C)cc(-c3ccc(C)cc3C)c2C)c(C)c1.Cc1ccc(-c2cc(C(C)C)cc(-c3ccc(C)cc3C)c2C)c(C)c1. The zero-order valence-corrected chi connectivity index (χ0v) is 53.4. The molecule has 0 aliphatic heterocycles. The molecule has 9 aromatic rings. The van der Waals surface area contributed by atoms with Gasteiger partial charge in [0.2, 0.25) is 0 Å². The molecule has 0 spiro atoms. The molecule has 0 aromatic heterocycles. The van der Waals surface area contributed by atoms with Crippen LogP contribution in [0.15, 0.2) is 133 Å². The van der Waals surface area contributed by atoms with Gasteiger partial charge < -0.3 is 0 Å². The summed E-state index contributed by atoms with van der Waals surface area (Å²) in [5.74, 6) is 1.50. The molecule has 414 valence electrons. The minimum Gasteiger partial charge on any atom is -0.0587 e. The molecule has 9 rings (SSSR count). The van der Waals surface area contributed by atoms with E-state index in [-0.39, 0.29) is 0 Å². The third-order valence-electron chi connectivity index (χ3n) is 16.9. The van der Waals surface area contributed by atoms with E-state index in [1.165, 1.54) is 178 Å². The Bertz CT molecular complexity index is 3310. The molecule has 0 amide bonds. The van der Waals surface area contributed by atoms with Crippen LogP contribution in [-0.2, 0) is 0 Å². The number of aryl methyl sites for hydroxylation is 14. The molecular formula is C80H94.